The van der Waals surface area contributed by atoms with E-state index < -0.39 is 22.7 Å². The molecular formula is C12H11F4N5OS. The highest BCUT2D eigenvalue weighted by molar-refractivity contribution is 7.80. The van der Waals surface area contributed by atoms with Crippen LogP contribution in [0.2, 0.25) is 0 Å². The monoisotopic (exact) mass is 349 g/mol. The van der Waals surface area contributed by atoms with Gasteiger partial charge in [-0.3, -0.25) is 4.57 Å². The van der Waals surface area contributed by atoms with E-state index in [2.05, 4.69) is 5.10 Å². The Morgan fingerprint density at radius 2 is 2.09 bits per heavy atom. The average Bonchev–Trinajstić information content (AvgIpc) is 2.83. The van der Waals surface area contributed by atoms with E-state index in [0.29, 0.717) is 9.25 Å². The summed E-state index contributed by atoms with van der Waals surface area (Å²) >= 11 is 4.74. The van der Waals surface area contributed by atoms with Crippen LogP contribution in [0.4, 0.5) is 23.3 Å². The molecule has 11 heteroatoms. The fourth-order valence-electron chi connectivity index (χ4n) is 2.01. The predicted molar refractivity (Wildman–Crippen MR) is 78.9 cm³/mol. The number of thiocarbonyl (C=S) groups is 1. The summed E-state index contributed by atoms with van der Waals surface area (Å²) in [6, 6.07) is 3.84. The topological polar surface area (TPSA) is 77.9 Å². The van der Waals surface area contributed by atoms with E-state index in [1.54, 1.807) is 0 Å². The molecule has 0 radical (unpaired) electrons. The lowest BCUT2D eigenvalue weighted by Gasteiger charge is -2.09. The van der Waals surface area contributed by atoms with Gasteiger partial charge in [-0.1, -0.05) is 12.2 Å². The van der Waals surface area contributed by atoms with Crippen molar-refractivity contribution in [3.8, 4) is 5.69 Å². The second-order valence-corrected chi connectivity index (χ2v) is 4.87. The third kappa shape index (κ3) is 3.04. The van der Waals surface area contributed by atoms with Gasteiger partial charge in [-0.15, -0.1) is 9.58 Å². The minimum absolute atomic E-state index is 0.0201. The van der Waals surface area contributed by atoms with Crippen LogP contribution in [-0.2, 0) is 12.7 Å². The second-order valence-electron chi connectivity index (χ2n) is 4.46. The molecule has 0 fully saturated rings. The van der Waals surface area contributed by atoms with Crippen LogP contribution in [0.1, 0.15) is 18.3 Å². The third-order valence-electron chi connectivity index (χ3n) is 3.01. The molecule has 2 rings (SSSR count). The van der Waals surface area contributed by atoms with Gasteiger partial charge in [0.05, 0.1) is 5.69 Å². The second kappa shape index (κ2) is 5.99. The number of aromatic nitrogens is 3. The fraction of sp³-hybridized carbons (Fsp3) is 0.250. The molecule has 0 spiro atoms. The Labute approximate surface area is 132 Å². The number of benzene rings is 1. The van der Waals surface area contributed by atoms with Crippen LogP contribution in [-0.4, -0.2) is 19.3 Å². The maximum absolute atomic E-state index is 13.0. The van der Waals surface area contributed by atoms with E-state index in [1.807, 2.05) is 0 Å². The number of halogens is 4. The van der Waals surface area contributed by atoms with Crippen molar-refractivity contribution in [2.75, 3.05) is 5.73 Å². The number of nitrogen functional groups attached to an aromatic ring is 1. The summed E-state index contributed by atoms with van der Waals surface area (Å²) < 4.78 is 52.5. The van der Waals surface area contributed by atoms with Crippen molar-refractivity contribution in [1.29, 1.82) is 0 Å². The van der Waals surface area contributed by atoms with Crippen LogP contribution in [0.3, 0.4) is 0 Å². The summed E-state index contributed by atoms with van der Waals surface area (Å²) in [5, 5.41) is 3.32. The smallest absolute Gasteiger partial charge is 0.399 e. The molecule has 2 aromatic rings. The van der Waals surface area contributed by atoms with Crippen LogP contribution in [0.5, 0.6) is 0 Å². The van der Waals surface area contributed by atoms with E-state index in [4.69, 9.17) is 18.0 Å². The molecule has 0 bridgehead atoms. The zero-order valence-electron chi connectivity index (χ0n) is 11.7. The Morgan fingerprint density at radius 1 is 1.43 bits per heavy atom. The molecule has 6 nitrogen and oxygen atoms in total. The first-order valence-corrected chi connectivity index (χ1v) is 6.69. The van der Waals surface area contributed by atoms with Crippen molar-refractivity contribution in [1.82, 2.24) is 19.9 Å². The molecule has 124 valence electrons. The molecule has 1 aromatic carbocycles. The number of nitrogens with two attached hydrogens (primary N) is 1. The average molecular weight is 349 g/mol. The maximum atomic E-state index is 13.0. The number of hydrogen-bond acceptors (Lipinski definition) is 4. The van der Waals surface area contributed by atoms with Crippen LogP contribution in [0.25, 0.3) is 5.69 Å². The van der Waals surface area contributed by atoms with Gasteiger partial charge in [0.15, 0.2) is 0 Å². The van der Waals surface area contributed by atoms with Crippen molar-refractivity contribution in [3.63, 3.8) is 0 Å². The number of rotatable bonds is 3. The van der Waals surface area contributed by atoms with Crippen LogP contribution >= 0.6 is 12.2 Å². The minimum atomic E-state index is -4.82. The van der Waals surface area contributed by atoms with E-state index in [0.717, 1.165) is 0 Å². The number of nitrogens with zero attached hydrogens (tertiary/aromatic N) is 3. The van der Waals surface area contributed by atoms with Gasteiger partial charge in [-0.2, -0.15) is 17.9 Å². The van der Waals surface area contributed by atoms with Crippen molar-refractivity contribution in [2.24, 2.45) is 0 Å². The van der Waals surface area contributed by atoms with Crippen molar-refractivity contribution in [3.05, 3.63) is 40.1 Å². The highest BCUT2D eigenvalue weighted by Gasteiger charge is 2.39. The van der Waals surface area contributed by atoms with Crippen molar-refractivity contribution in [2.45, 2.75) is 19.6 Å². The van der Waals surface area contributed by atoms with Gasteiger partial charge in [-0.05, 0) is 25.1 Å². The lowest BCUT2D eigenvalue weighted by atomic mass is 10.1. The van der Waals surface area contributed by atoms with E-state index in [1.165, 1.54) is 30.7 Å². The molecule has 1 heterocycles. The Balaban J connectivity index is 2.78. The highest BCUT2D eigenvalue weighted by atomic mass is 32.1. The van der Waals surface area contributed by atoms with E-state index in [-0.39, 0.29) is 23.5 Å². The molecule has 0 saturated carbocycles. The molecule has 3 N–H and O–H groups in total. The summed E-state index contributed by atoms with van der Waals surface area (Å²) in [7, 11) is 0. The molecule has 0 aliphatic rings. The number of alkyl halides is 3. The van der Waals surface area contributed by atoms with Crippen LogP contribution in [0.15, 0.2) is 23.0 Å². The normalized spacial score (nSPS) is 11.5. The van der Waals surface area contributed by atoms with Gasteiger partial charge >= 0.3 is 11.9 Å². The Kier molecular flexibility index (Phi) is 4.41. The molecule has 0 atom stereocenters. The van der Waals surface area contributed by atoms with E-state index >= 15 is 0 Å². The van der Waals surface area contributed by atoms with Gasteiger partial charge in [-0.25, -0.2) is 10.3 Å². The third-order valence-corrected chi connectivity index (χ3v) is 3.31. The SMILES string of the molecule is CCn1c(C(F)(F)F)nn(-c2cc(N)ccc2C(=S)NF)c1=O. The quantitative estimate of drug-likeness (QED) is 0.382. The zero-order valence-corrected chi connectivity index (χ0v) is 12.5. The maximum Gasteiger partial charge on any atom is 0.451 e. The summed E-state index contributed by atoms with van der Waals surface area (Å²) in [6.45, 7) is 1.13. The Morgan fingerprint density at radius 3 is 2.57 bits per heavy atom. The lowest BCUT2D eigenvalue weighted by Crippen LogP contribution is -2.27. The summed E-state index contributed by atoms with van der Waals surface area (Å²) in [6.07, 6.45) is -4.82. The standard InChI is InChI=1S/C12H11F4N5OS/c1-2-20-10(12(13,14)15)19-21(11(20)22)8-5-6(17)3-4-7(8)9(23)18-16/h3-5H,2,17H2,1H3,(H,18,23). The van der Waals surface area contributed by atoms with Gasteiger partial charge < -0.3 is 5.73 Å². The number of nitrogens with one attached hydrogen (secondary N) is 1. The molecule has 0 unspecified atom stereocenters. The molecule has 23 heavy (non-hydrogen) atoms. The molecular weight excluding hydrogens is 338 g/mol. The molecule has 0 saturated heterocycles. The van der Waals surface area contributed by atoms with Crippen molar-refractivity contribution < 1.29 is 17.7 Å². The Bertz CT molecular complexity index is 811. The molecule has 0 amide bonds. The van der Waals surface area contributed by atoms with Gasteiger partial charge in [0.2, 0.25) is 5.82 Å². The number of hydrogen-bond donors (Lipinski definition) is 2. The van der Waals surface area contributed by atoms with Gasteiger partial charge in [0.1, 0.15) is 4.99 Å². The highest BCUT2D eigenvalue weighted by Crippen LogP contribution is 2.27. The van der Waals surface area contributed by atoms with Crippen LogP contribution < -0.4 is 17.0 Å². The molecule has 0 aliphatic heterocycles. The minimum Gasteiger partial charge on any atom is -0.399 e. The molecule has 1 aromatic heterocycles. The van der Waals surface area contributed by atoms with Crippen LogP contribution in [0, 0.1) is 0 Å². The Hall–Kier alpha value is -2.43. The predicted octanol–water partition coefficient (Wildman–Crippen LogP) is 1.80. The first kappa shape index (κ1) is 16.9. The summed E-state index contributed by atoms with van der Waals surface area (Å²) in [5.74, 6) is -1.36. The largest absolute Gasteiger partial charge is 0.451 e. The van der Waals surface area contributed by atoms with E-state index in [9.17, 15) is 22.4 Å². The van der Waals surface area contributed by atoms with Crippen molar-refractivity contribution >= 4 is 22.9 Å². The molecule has 0 aliphatic carbocycles. The first-order valence-electron chi connectivity index (χ1n) is 6.28. The summed E-state index contributed by atoms with van der Waals surface area (Å²) in [5.41, 5.74) is 5.75. The summed E-state index contributed by atoms with van der Waals surface area (Å²) in [4.78, 5) is 11.8. The zero-order chi connectivity index (χ0) is 17.4. The van der Waals surface area contributed by atoms with Gasteiger partial charge in [0.25, 0.3) is 0 Å². The fourth-order valence-corrected chi connectivity index (χ4v) is 2.19. The number of anilines is 1. The lowest BCUT2D eigenvalue weighted by molar-refractivity contribution is -0.147. The first-order chi connectivity index (χ1) is 10.7. The van der Waals surface area contributed by atoms with Gasteiger partial charge in [0, 0.05) is 17.8 Å².